The minimum Gasteiger partial charge on any atom is -0.464 e. The fourth-order valence-electron chi connectivity index (χ4n) is 2.68. The van der Waals surface area contributed by atoms with E-state index >= 15 is 0 Å². The molecule has 0 saturated carbocycles. The van der Waals surface area contributed by atoms with Gasteiger partial charge in [0.1, 0.15) is 11.6 Å². The van der Waals surface area contributed by atoms with E-state index in [9.17, 15) is 9.59 Å². The number of ether oxygens (including phenoxy) is 2. The molecule has 1 amide bonds. The van der Waals surface area contributed by atoms with Gasteiger partial charge < -0.3 is 24.1 Å². The molecule has 1 unspecified atom stereocenters. The Morgan fingerprint density at radius 2 is 1.63 bits per heavy atom. The van der Waals surface area contributed by atoms with Crippen molar-refractivity contribution in [2.75, 3.05) is 6.61 Å². The average Bonchev–Trinajstić information content (AvgIpc) is 2.68. The summed E-state index contributed by atoms with van der Waals surface area (Å²) in [6.45, 7) is 15.4. The molecule has 0 aromatic rings. The van der Waals surface area contributed by atoms with E-state index in [-0.39, 0.29) is 24.9 Å². The van der Waals surface area contributed by atoms with E-state index in [2.05, 4.69) is 5.32 Å². The van der Waals surface area contributed by atoms with Crippen LogP contribution in [0.4, 0.5) is 4.79 Å². The monoisotopic (exact) mass is 385 g/mol. The average molecular weight is 385 g/mol. The van der Waals surface area contributed by atoms with Crippen molar-refractivity contribution < 1.29 is 28.4 Å². The first kappa shape index (κ1) is 23.8. The van der Waals surface area contributed by atoms with Crippen LogP contribution in [0.3, 0.4) is 0 Å². The lowest BCUT2D eigenvalue weighted by molar-refractivity contribution is -0.145. The molecule has 156 valence electrons. The molecule has 0 aliphatic carbocycles. The Hall–Kier alpha value is -1.28. The maximum absolute atomic E-state index is 12.1. The molecule has 1 saturated heterocycles. The van der Waals surface area contributed by atoms with Crippen LogP contribution in [0, 0.1) is 0 Å². The minimum atomic E-state index is -0.724. The Kier molecular flexibility index (Phi) is 8.17. The third-order valence-electron chi connectivity index (χ3n) is 4.75. The Bertz CT molecular complexity index is 499. The van der Waals surface area contributed by atoms with Gasteiger partial charge in [-0.2, -0.15) is 0 Å². The van der Waals surface area contributed by atoms with Gasteiger partial charge in [0.2, 0.25) is 0 Å². The van der Waals surface area contributed by atoms with Gasteiger partial charge in [0.25, 0.3) is 0 Å². The van der Waals surface area contributed by atoms with Gasteiger partial charge in [0.15, 0.2) is 0 Å². The van der Waals surface area contributed by atoms with E-state index in [1.807, 2.05) is 27.7 Å². The molecule has 1 aliphatic heterocycles. The number of alkyl carbamates (subject to hydrolysis) is 1. The van der Waals surface area contributed by atoms with Gasteiger partial charge in [-0.1, -0.05) is 12.8 Å². The Balaban J connectivity index is 2.48. The fourth-order valence-corrected chi connectivity index (χ4v) is 2.68. The molecule has 0 aromatic heterocycles. The molecule has 1 atom stereocenters. The van der Waals surface area contributed by atoms with E-state index in [0.29, 0.717) is 6.42 Å². The third-order valence-corrected chi connectivity index (χ3v) is 4.75. The molecule has 0 spiro atoms. The zero-order valence-corrected chi connectivity index (χ0v) is 18.1. The number of rotatable bonds is 8. The topological polar surface area (TPSA) is 83.1 Å². The summed E-state index contributed by atoms with van der Waals surface area (Å²) in [5.74, 6) is -0.445. The van der Waals surface area contributed by atoms with Gasteiger partial charge in [-0.3, -0.25) is 0 Å². The molecule has 27 heavy (non-hydrogen) atoms. The van der Waals surface area contributed by atoms with Crippen LogP contribution < -0.4 is 5.32 Å². The van der Waals surface area contributed by atoms with Gasteiger partial charge in [0, 0.05) is 0 Å². The number of carbonyl (C=O) groups is 2. The highest BCUT2D eigenvalue weighted by molar-refractivity contribution is 6.45. The van der Waals surface area contributed by atoms with E-state index in [1.54, 1.807) is 27.7 Å². The van der Waals surface area contributed by atoms with E-state index in [1.165, 1.54) is 0 Å². The van der Waals surface area contributed by atoms with Gasteiger partial charge in [-0.25, -0.2) is 9.59 Å². The number of hydrogen-bond donors (Lipinski definition) is 1. The van der Waals surface area contributed by atoms with Crippen molar-refractivity contribution in [1.82, 2.24) is 5.32 Å². The predicted octanol–water partition coefficient (Wildman–Crippen LogP) is 3.71. The summed E-state index contributed by atoms with van der Waals surface area (Å²) in [6, 6.07) is -0.724. The van der Waals surface area contributed by atoms with E-state index < -0.39 is 23.7 Å². The van der Waals surface area contributed by atoms with Crippen LogP contribution in [-0.2, 0) is 23.6 Å². The molecule has 1 aliphatic rings. The third kappa shape index (κ3) is 7.70. The van der Waals surface area contributed by atoms with Crippen LogP contribution in [0.25, 0.3) is 0 Å². The van der Waals surface area contributed by atoms with Gasteiger partial charge in [-0.15, -0.1) is 0 Å². The maximum Gasteiger partial charge on any atom is 0.457 e. The van der Waals surface area contributed by atoms with Crippen molar-refractivity contribution in [2.45, 2.75) is 104 Å². The van der Waals surface area contributed by atoms with E-state index in [4.69, 9.17) is 18.8 Å². The molecule has 7 nitrogen and oxygen atoms in total. The number of unbranched alkanes of at least 4 members (excludes halogenated alkanes) is 1. The summed E-state index contributed by atoms with van der Waals surface area (Å²) < 4.78 is 22.2. The van der Waals surface area contributed by atoms with Crippen molar-refractivity contribution in [1.29, 1.82) is 0 Å². The standard InChI is InChI=1S/C19H36BNO6/c1-9-24-15(22)14(21-16(23)25-17(2,3)4)12-10-11-13-20-26-18(5,6)19(7,8)27-20/h14H,9-13H2,1-8H3,(H,21,23). The Morgan fingerprint density at radius 1 is 1.07 bits per heavy atom. The molecule has 1 heterocycles. The first-order valence-electron chi connectivity index (χ1n) is 9.79. The van der Waals surface area contributed by atoms with Crippen LogP contribution in [-0.4, -0.2) is 48.6 Å². The second kappa shape index (κ2) is 9.28. The summed E-state index contributed by atoms with van der Waals surface area (Å²) in [6.07, 6.45) is 2.12. The van der Waals surface area contributed by atoms with Crippen LogP contribution in [0.1, 0.15) is 74.7 Å². The zero-order chi connectivity index (χ0) is 20.9. The minimum absolute atomic E-state index is 0.255. The van der Waals surface area contributed by atoms with Crippen molar-refractivity contribution in [3.05, 3.63) is 0 Å². The molecular formula is C19H36BNO6. The second-order valence-electron chi connectivity index (χ2n) is 8.92. The van der Waals surface area contributed by atoms with Gasteiger partial charge in [0.05, 0.1) is 17.8 Å². The normalized spacial score (nSPS) is 19.5. The lowest BCUT2D eigenvalue weighted by Crippen LogP contribution is -2.44. The largest absolute Gasteiger partial charge is 0.464 e. The van der Waals surface area contributed by atoms with Crippen LogP contribution in [0.2, 0.25) is 6.32 Å². The number of esters is 1. The van der Waals surface area contributed by atoms with Crippen LogP contribution in [0.15, 0.2) is 0 Å². The van der Waals surface area contributed by atoms with Crippen molar-refractivity contribution >= 4 is 19.2 Å². The first-order valence-corrected chi connectivity index (χ1v) is 9.79. The molecule has 1 N–H and O–H groups in total. The summed E-state index contributed by atoms with van der Waals surface area (Å²) in [7, 11) is -0.255. The number of carbonyl (C=O) groups excluding carboxylic acids is 2. The molecule has 1 fully saturated rings. The highest BCUT2D eigenvalue weighted by atomic mass is 16.7. The lowest BCUT2D eigenvalue weighted by Gasteiger charge is -2.32. The summed E-state index contributed by atoms with van der Waals surface area (Å²) in [5, 5.41) is 2.61. The smallest absolute Gasteiger partial charge is 0.457 e. The quantitative estimate of drug-likeness (QED) is 0.390. The number of nitrogens with one attached hydrogen (secondary N) is 1. The Labute approximate surface area is 164 Å². The summed E-state index contributed by atoms with van der Waals surface area (Å²) >= 11 is 0. The zero-order valence-electron chi connectivity index (χ0n) is 18.1. The molecular weight excluding hydrogens is 349 g/mol. The fraction of sp³-hybridized carbons (Fsp3) is 0.895. The van der Waals surface area contributed by atoms with Gasteiger partial charge >= 0.3 is 19.2 Å². The van der Waals surface area contributed by atoms with Crippen molar-refractivity contribution in [3.8, 4) is 0 Å². The number of hydrogen-bond acceptors (Lipinski definition) is 6. The lowest BCUT2D eigenvalue weighted by atomic mass is 9.82. The SMILES string of the molecule is CCOC(=O)C(CCCCB1OC(C)(C)C(C)(C)O1)NC(=O)OC(C)(C)C. The number of amides is 1. The van der Waals surface area contributed by atoms with Crippen LogP contribution in [0.5, 0.6) is 0 Å². The highest BCUT2D eigenvalue weighted by Crippen LogP contribution is 2.38. The molecule has 0 aromatic carbocycles. The Morgan fingerprint density at radius 3 is 2.11 bits per heavy atom. The highest BCUT2D eigenvalue weighted by Gasteiger charge is 2.50. The molecule has 0 radical (unpaired) electrons. The first-order chi connectivity index (χ1) is 12.3. The summed E-state index contributed by atoms with van der Waals surface area (Å²) in [5.41, 5.74) is -1.31. The predicted molar refractivity (Wildman–Crippen MR) is 105 cm³/mol. The molecule has 1 rings (SSSR count). The van der Waals surface area contributed by atoms with E-state index in [0.717, 1.165) is 19.2 Å². The van der Waals surface area contributed by atoms with Gasteiger partial charge in [-0.05, 0) is 68.1 Å². The van der Waals surface area contributed by atoms with Crippen LogP contribution >= 0.6 is 0 Å². The maximum atomic E-state index is 12.1. The van der Waals surface area contributed by atoms with Crippen molar-refractivity contribution in [3.63, 3.8) is 0 Å². The molecule has 0 bridgehead atoms. The van der Waals surface area contributed by atoms with Crippen molar-refractivity contribution in [2.24, 2.45) is 0 Å². The molecule has 8 heteroatoms. The summed E-state index contributed by atoms with van der Waals surface area (Å²) in [4.78, 5) is 24.1. The second-order valence-corrected chi connectivity index (χ2v) is 8.92.